The number of nitrogens with one attached hydrogen (secondary N) is 1. The summed E-state index contributed by atoms with van der Waals surface area (Å²) in [6, 6.07) is 9.30. The number of hydrazone groups is 1. The lowest BCUT2D eigenvalue weighted by Gasteiger charge is -2.30. The van der Waals surface area contributed by atoms with E-state index in [0.29, 0.717) is 18.0 Å². The second-order valence-electron chi connectivity index (χ2n) is 6.72. The number of nitrogens with zero attached hydrogens (tertiary/aromatic N) is 2. The number of halogens is 10. The minimum absolute atomic E-state index is 0.0199. The summed E-state index contributed by atoms with van der Waals surface area (Å²) in [7, 11) is 0. The molecule has 3 rings (SSSR count). The monoisotopic (exact) mass is 515 g/mol. The first-order valence-electron chi connectivity index (χ1n) is 8.98. The number of thiazole rings is 1. The molecule has 14 heteroatoms. The van der Waals surface area contributed by atoms with Crippen LogP contribution in [-0.4, -0.2) is 23.3 Å². The van der Waals surface area contributed by atoms with Crippen LogP contribution in [0.5, 0.6) is 0 Å². The van der Waals surface area contributed by atoms with Crippen LogP contribution in [0.4, 0.5) is 49.0 Å². The fourth-order valence-corrected chi connectivity index (χ4v) is 3.39. The fraction of sp³-hybridized carbons (Fsp3) is 0.200. The molecule has 0 unspecified atom stereocenters. The normalized spacial score (nSPS) is 13.5. The fourth-order valence-electron chi connectivity index (χ4n) is 2.72. The molecule has 3 aromatic rings. The first-order valence-corrected chi connectivity index (χ1v) is 9.86. The number of hydrogen-bond acceptors (Lipinski definition) is 4. The van der Waals surface area contributed by atoms with Gasteiger partial charge in [0.2, 0.25) is 5.13 Å². The molecule has 0 radical (unpaired) electrons. The van der Waals surface area contributed by atoms with Crippen molar-refractivity contribution in [3.63, 3.8) is 0 Å². The van der Waals surface area contributed by atoms with E-state index in [-0.39, 0.29) is 17.3 Å². The number of anilines is 1. The Morgan fingerprint density at radius 3 is 2.06 bits per heavy atom. The predicted octanol–water partition coefficient (Wildman–Crippen LogP) is 7.56. The molecule has 1 aromatic heterocycles. The summed E-state index contributed by atoms with van der Waals surface area (Å²) >= 11 is 1.07. The minimum atomic E-state index is -6.80. The smallest absolute Gasteiger partial charge is 0.253 e. The molecule has 1 heterocycles. The third kappa shape index (κ3) is 5.00. The number of benzene rings is 2. The Morgan fingerprint density at radius 2 is 1.47 bits per heavy atom. The number of aromatic nitrogens is 1. The molecule has 0 atom stereocenters. The molecular formula is C20H11F10N3S. The lowest BCUT2D eigenvalue weighted by Crippen LogP contribution is -2.50. The van der Waals surface area contributed by atoms with Gasteiger partial charge in [-0.2, -0.15) is 49.0 Å². The molecule has 0 aliphatic rings. The largest absolute Gasteiger partial charge is 0.460 e. The number of alkyl halides is 10. The highest BCUT2D eigenvalue weighted by Crippen LogP contribution is 2.54. The SMILES string of the molecule is FC(F)(F)c1ccc(C=NNc2nc(-c3ccccc3)cs2)cc1C(F)(F)C(F)(F)C(F)(F)F. The van der Waals surface area contributed by atoms with Gasteiger partial charge in [-0.15, -0.1) is 11.3 Å². The van der Waals surface area contributed by atoms with Gasteiger partial charge in [0.15, 0.2) is 0 Å². The molecule has 0 bridgehead atoms. The molecule has 2 aromatic carbocycles. The molecular weight excluding hydrogens is 504 g/mol. The van der Waals surface area contributed by atoms with Crippen molar-refractivity contribution in [2.45, 2.75) is 24.2 Å². The van der Waals surface area contributed by atoms with E-state index < -0.39 is 40.9 Å². The summed E-state index contributed by atoms with van der Waals surface area (Å²) in [5.41, 5.74) is -1.77. The van der Waals surface area contributed by atoms with Crippen LogP contribution in [0.25, 0.3) is 11.3 Å². The molecule has 182 valence electrons. The highest BCUT2D eigenvalue weighted by atomic mass is 32.1. The molecule has 0 amide bonds. The maximum Gasteiger partial charge on any atom is 0.460 e. The van der Waals surface area contributed by atoms with Crippen LogP contribution in [0.2, 0.25) is 0 Å². The van der Waals surface area contributed by atoms with E-state index in [9.17, 15) is 43.9 Å². The predicted molar refractivity (Wildman–Crippen MR) is 105 cm³/mol. The molecule has 3 nitrogen and oxygen atoms in total. The van der Waals surface area contributed by atoms with Crippen molar-refractivity contribution in [1.82, 2.24) is 4.98 Å². The average Bonchev–Trinajstić information content (AvgIpc) is 3.21. The molecule has 34 heavy (non-hydrogen) atoms. The van der Waals surface area contributed by atoms with Gasteiger partial charge in [-0.05, 0) is 17.7 Å². The van der Waals surface area contributed by atoms with Crippen molar-refractivity contribution in [2.75, 3.05) is 5.43 Å². The van der Waals surface area contributed by atoms with E-state index in [0.717, 1.165) is 16.9 Å². The summed E-state index contributed by atoms with van der Waals surface area (Å²) in [6.45, 7) is 0. The lowest BCUT2D eigenvalue weighted by molar-refractivity contribution is -0.360. The topological polar surface area (TPSA) is 37.3 Å². The summed E-state index contributed by atoms with van der Waals surface area (Å²) < 4.78 is 132. The average molecular weight is 515 g/mol. The van der Waals surface area contributed by atoms with Crippen LogP contribution in [0.3, 0.4) is 0 Å². The van der Waals surface area contributed by atoms with Crippen LogP contribution >= 0.6 is 11.3 Å². The molecule has 1 N–H and O–H groups in total. The van der Waals surface area contributed by atoms with Crippen molar-refractivity contribution in [3.8, 4) is 11.3 Å². The van der Waals surface area contributed by atoms with Crippen LogP contribution in [0.1, 0.15) is 16.7 Å². The standard InChI is InChI=1S/C20H11F10N3S/c21-17(22,19(26,27)20(28,29)30)14-8-11(6-7-13(14)18(23,24)25)9-31-33-16-32-15(10-34-16)12-4-2-1-3-5-12/h1-10H,(H,32,33). The van der Waals surface area contributed by atoms with Gasteiger partial charge in [-0.3, -0.25) is 5.43 Å². The van der Waals surface area contributed by atoms with Crippen LogP contribution in [0.15, 0.2) is 59.0 Å². The van der Waals surface area contributed by atoms with Gasteiger partial charge in [0, 0.05) is 16.5 Å². The van der Waals surface area contributed by atoms with Crippen molar-refractivity contribution in [1.29, 1.82) is 0 Å². The summed E-state index contributed by atoms with van der Waals surface area (Å²) in [5.74, 6) is -13.0. The summed E-state index contributed by atoms with van der Waals surface area (Å²) in [4.78, 5) is 4.17. The Morgan fingerprint density at radius 1 is 0.824 bits per heavy atom. The van der Waals surface area contributed by atoms with Crippen molar-refractivity contribution in [3.05, 3.63) is 70.6 Å². The van der Waals surface area contributed by atoms with Gasteiger partial charge >= 0.3 is 24.2 Å². The van der Waals surface area contributed by atoms with Crippen LogP contribution in [0, 0.1) is 0 Å². The van der Waals surface area contributed by atoms with Gasteiger partial charge in [0.1, 0.15) is 0 Å². The molecule has 0 aliphatic heterocycles. The Labute approximate surface area is 188 Å². The van der Waals surface area contributed by atoms with E-state index in [2.05, 4.69) is 15.5 Å². The number of rotatable bonds is 6. The van der Waals surface area contributed by atoms with E-state index in [1.165, 1.54) is 0 Å². The lowest BCUT2D eigenvalue weighted by atomic mass is 9.94. The first kappa shape index (κ1) is 25.5. The quantitative estimate of drug-likeness (QED) is 0.209. The van der Waals surface area contributed by atoms with E-state index in [4.69, 9.17) is 0 Å². The first-order chi connectivity index (χ1) is 15.6. The Balaban J connectivity index is 1.91. The zero-order valence-corrected chi connectivity index (χ0v) is 17.2. The Kier molecular flexibility index (Phi) is 6.66. The molecule has 0 saturated heterocycles. The van der Waals surface area contributed by atoms with E-state index in [1.807, 2.05) is 0 Å². The third-order valence-electron chi connectivity index (χ3n) is 4.39. The van der Waals surface area contributed by atoms with Crippen LogP contribution < -0.4 is 5.43 Å². The van der Waals surface area contributed by atoms with Crippen molar-refractivity contribution in [2.24, 2.45) is 5.10 Å². The van der Waals surface area contributed by atoms with Gasteiger partial charge < -0.3 is 0 Å². The van der Waals surface area contributed by atoms with Gasteiger partial charge in [-0.1, -0.05) is 36.4 Å². The number of hydrogen-bond donors (Lipinski definition) is 1. The second kappa shape index (κ2) is 8.89. The maximum atomic E-state index is 14.1. The maximum absolute atomic E-state index is 14.1. The molecule has 0 fully saturated rings. The zero-order valence-electron chi connectivity index (χ0n) is 16.4. The highest BCUT2D eigenvalue weighted by molar-refractivity contribution is 7.14. The van der Waals surface area contributed by atoms with Crippen LogP contribution in [-0.2, 0) is 12.1 Å². The minimum Gasteiger partial charge on any atom is -0.253 e. The zero-order chi connectivity index (χ0) is 25.4. The molecule has 0 saturated carbocycles. The van der Waals surface area contributed by atoms with E-state index in [1.54, 1.807) is 35.7 Å². The Bertz CT molecular complexity index is 1170. The third-order valence-corrected chi connectivity index (χ3v) is 5.13. The summed E-state index contributed by atoms with van der Waals surface area (Å²) in [5, 5.41) is 5.41. The van der Waals surface area contributed by atoms with Gasteiger partial charge in [0.05, 0.1) is 17.5 Å². The molecule has 0 spiro atoms. The highest BCUT2D eigenvalue weighted by Gasteiger charge is 2.74. The summed E-state index contributed by atoms with van der Waals surface area (Å²) in [6.07, 6.45) is -11.7. The van der Waals surface area contributed by atoms with Gasteiger partial charge in [-0.25, -0.2) is 4.98 Å². The van der Waals surface area contributed by atoms with Crippen molar-refractivity contribution >= 4 is 22.7 Å². The Hall–Kier alpha value is -3.16. The van der Waals surface area contributed by atoms with Crippen molar-refractivity contribution < 1.29 is 43.9 Å². The van der Waals surface area contributed by atoms with Gasteiger partial charge in [0.25, 0.3) is 0 Å². The van der Waals surface area contributed by atoms with E-state index >= 15 is 0 Å². The molecule has 0 aliphatic carbocycles. The second-order valence-corrected chi connectivity index (χ2v) is 7.58.